The molecule has 0 aliphatic rings. The number of nitrogens with one attached hydrogen (secondary N) is 1. The topological polar surface area (TPSA) is 52.0 Å². The molecule has 1 N–H and O–H groups in total. The Morgan fingerprint density at radius 3 is 2.90 bits per heavy atom. The van der Waals surface area contributed by atoms with Gasteiger partial charge in [0.15, 0.2) is 0 Å². The molecule has 0 aliphatic carbocycles. The molecule has 0 spiro atoms. The summed E-state index contributed by atoms with van der Waals surface area (Å²) in [7, 11) is 0. The van der Waals surface area contributed by atoms with Crippen molar-refractivity contribution in [3.63, 3.8) is 0 Å². The molecular weight excluding hydrogens is 299 g/mol. The Bertz CT molecular complexity index is 611. The highest BCUT2D eigenvalue weighted by molar-refractivity contribution is 6.42. The van der Waals surface area contributed by atoms with Crippen molar-refractivity contribution in [2.75, 3.05) is 6.61 Å². The van der Waals surface area contributed by atoms with Gasteiger partial charge in [0.2, 0.25) is 0 Å². The van der Waals surface area contributed by atoms with Crippen LogP contribution < -0.4 is 5.48 Å². The highest BCUT2D eigenvalue weighted by atomic mass is 35.5. The highest BCUT2D eigenvalue weighted by Gasteiger charge is 2.06. The summed E-state index contributed by atoms with van der Waals surface area (Å²) in [5.41, 5.74) is 4.29. The molecule has 0 saturated heterocycles. The van der Waals surface area contributed by atoms with Crippen molar-refractivity contribution in [3.8, 4) is 0 Å². The van der Waals surface area contributed by atoms with E-state index in [1.165, 1.54) is 6.33 Å². The molecule has 1 aromatic carbocycles. The summed E-state index contributed by atoms with van der Waals surface area (Å²) in [5, 5.41) is 4.95. The molecule has 0 radical (unpaired) electrons. The first-order chi connectivity index (χ1) is 9.70. The Balaban J connectivity index is 2.29. The molecule has 5 nitrogen and oxygen atoms in total. The normalized spacial score (nSPS) is 11.4. The fourth-order valence-corrected chi connectivity index (χ4v) is 1.72. The third-order valence-electron chi connectivity index (χ3n) is 2.31. The summed E-state index contributed by atoms with van der Waals surface area (Å²) >= 11 is 11.9. The second kappa shape index (κ2) is 7.09. The monoisotopic (exact) mass is 310 g/mol. The van der Waals surface area contributed by atoms with Gasteiger partial charge in [-0.25, -0.2) is 9.67 Å². The Kier molecular flexibility index (Phi) is 5.17. The number of hydrogen-bond donors (Lipinski definition) is 1. The van der Waals surface area contributed by atoms with Gasteiger partial charge in [-0.05, 0) is 12.1 Å². The predicted molar refractivity (Wildman–Crippen MR) is 79.9 cm³/mol. The van der Waals surface area contributed by atoms with Gasteiger partial charge in [0.1, 0.15) is 12.7 Å². The average molecular weight is 311 g/mol. The van der Waals surface area contributed by atoms with Crippen LogP contribution in [-0.2, 0) is 4.84 Å². The summed E-state index contributed by atoms with van der Waals surface area (Å²) in [6.07, 6.45) is 6.35. The zero-order valence-corrected chi connectivity index (χ0v) is 12.0. The summed E-state index contributed by atoms with van der Waals surface area (Å²) < 4.78 is 1.54. The lowest BCUT2D eigenvalue weighted by atomic mass is 10.2. The van der Waals surface area contributed by atoms with E-state index in [-0.39, 0.29) is 0 Å². The van der Waals surface area contributed by atoms with Gasteiger partial charge >= 0.3 is 0 Å². The molecule has 1 aromatic heterocycles. The highest BCUT2D eigenvalue weighted by Crippen LogP contribution is 2.25. The van der Waals surface area contributed by atoms with E-state index in [0.717, 1.165) is 5.56 Å². The molecule has 0 atom stereocenters. The molecule has 0 fully saturated rings. The lowest BCUT2D eigenvalue weighted by Gasteiger charge is -2.11. The van der Waals surface area contributed by atoms with Gasteiger partial charge in [-0.2, -0.15) is 5.10 Å². The number of rotatable bonds is 6. The van der Waals surface area contributed by atoms with Crippen molar-refractivity contribution in [3.05, 3.63) is 59.1 Å². The molecule has 104 valence electrons. The molecular formula is C13H12Cl2N4O. The SMILES string of the molecule is C=CCONC(=Cn1cncn1)c1ccc(Cl)c(Cl)c1. The van der Waals surface area contributed by atoms with Crippen LogP contribution in [0.15, 0.2) is 43.5 Å². The van der Waals surface area contributed by atoms with E-state index in [9.17, 15) is 0 Å². The standard InChI is InChI=1S/C13H12Cl2N4O/c1-2-5-20-18-13(7-19-9-16-8-17-19)10-3-4-11(14)12(15)6-10/h2-4,6-9,18H,1,5H2. The third kappa shape index (κ3) is 3.84. The number of halogens is 2. The average Bonchev–Trinajstić information content (AvgIpc) is 2.94. The quantitative estimate of drug-likeness (QED) is 0.505. The molecule has 2 rings (SSSR count). The van der Waals surface area contributed by atoms with E-state index >= 15 is 0 Å². The fourth-order valence-electron chi connectivity index (χ4n) is 1.42. The van der Waals surface area contributed by atoms with Crippen LogP contribution in [0.4, 0.5) is 0 Å². The Hall–Kier alpha value is -1.82. The van der Waals surface area contributed by atoms with E-state index in [0.29, 0.717) is 22.3 Å². The van der Waals surface area contributed by atoms with Gasteiger partial charge in [-0.3, -0.25) is 10.3 Å². The number of aromatic nitrogens is 3. The van der Waals surface area contributed by atoms with Crippen molar-refractivity contribution >= 4 is 35.1 Å². The van der Waals surface area contributed by atoms with Gasteiger partial charge in [-0.1, -0.05) is 35.3 Å². The van der Waals surface area contributed by atoms with E-state index in [1.54, 1.807) is 35.4 Å². The first-order valence-corrected chi connectivity index (χ1v) is 6.46. The van der Waals surface area contributed by atoms with Crippen LogP contribution in [0.3, 0.4) is 0 Å². The van der Waals surface area contributed by atoms with Crippen molar-refractivity contribution in [2.45, 2.75) is 0 Å². The van der Waals surface area contributed by atoms with Gasteiger partial charge in [0.25, 0.3) is 0 Å². The van der Waals surface area contributed by atoms with Crippen LogP contribution in [0.5, 0.6) is 0 Å². The van der Waals surface area contributed by atoms with Crippen LogP contribution in [-0.4, -0.2) is 21.4 Å². The Morgan fingerprint density at radius 2 is 2.25 bits per heavy atom. The predicted octanol–water partition coefficient (Wildman–Crippen LogP) is 3.25. The molecule has 0 saturated carbocycles. The molecule has 0 bridgehead atoms. The number of nitrogens with zero attached hydrogens (tertiary/aromatic N) is 3. The lowest BCUT2D eigenvalue weighted by molar-refractivity contribution is 0.104. The minimum absolute atomic E-state index is 0.357. The number of hydroxylamine groups is 1. The molecule has 0 unspecified atom stereocenters. The van der Waals surface area contributed by atoms with Gasteiger partial charge < -0.3 is 0 Å². The van der Waals surface area contributed by atoms with Crippen molar-refractivity contribution in [2.24, 2.45) is 0 Å². The summed E-state index contributed by atoms with van der Waals surface area (Å²) in [5.74, 6) is 0. The third-order valence-corrected chi connectivity index (χ3v) is 3.05. The van der Waals surface area contributed by atoms with Crippen molar-refractivity contribution in [1.82, 2.24) is 20.2 Å². The van der Waals surface area contributed by atoms with Crippen LogP contribution >= 0.6 is 23.2 Å². The number of benzene rings is 1. The lowest BCUT2D eigenvalue weighted by Crippen LogP contribution is -2.14. The fraction of sp³-hybridized carbons (Fsp3) is 0.0769. The van der Waals surface area contributed by atoms with E-state index in [1.807, 2.05) is 6.07 Å². The smallest absolute Gasteiger partial charge is 0.138 e. The van der Waals surface area contributed by atoms with Gasteiger partial charge in [0.05, 0.1) is 28.5 Å². The van der Waals surface area contributed by atoms with Crippen LogP contribution in [0.25, 0.3) is 11.9 Å². The Morgan fingerprint density at radius 1 is 1.40 bits per heavy atom. The van der Waals surface area contributed by atoms with E-state index in [2.05, 4.69) is 22.1 Å². The molecule has 0 aliphatic heterocycles. The summed E-state index contributed by atoms with van der Waals surface area (Å²) in [6, 6.07) is 5.27. The largest absolute Gasteiger partial charge is 0.272 e. The first kappa shape index (κ1) is 14.6. The second-order valence-electron chi connectivity index (χ2n) is 3.75. The second-order valence-corrected chi connectivity index (χ2v) is 4.56. The minimum atomic E-state index is 0.357. The summed E-state index contributed by atoms with van der Waals surface area (Å²) in [4.78, 5) is 9.12. The van der Waals surface area contributed by atoms with Crippen LogP contribution in [0.2, 0.25) is 10.0 Å². The molecule has 0 amide bonds. The molecule has 7 heteroatoms. The number of hydrogen-bond acceptors (Lipinski definition) is 4. The summed E-state index contributed by atoms with van der Waals surface area (Å²) in [6.45, 7) is 3.94. The zero-order valence-electron chi connectivity index (χ0n) is 10.5. The maximum atomic E-state index is 6.02. The Labute approximate surface area is 126 Å². The van der Waals surface area contributed by atoms with Crippen LogP contribution in [0.1, 0.15) is 5.56 Å². The minimum Gasteiger partial charge on any atom is -0.272 e. The van der Waals surface area contributed by atoms with Crippen LogP contribution in [0, 0.1) is 0 Å². The van der Waals surface area contributed by atoms with Gasteiger partial charge in [0, 0.05) is 5.56 Å². The molecule has 20 heavy (non-hydrogen) atoms. The van der Waals surface area contributed by atoms with E-state index in [4.69, 9.17) is 28.0 Å². The molecule has 1 heterocycles. The first-order valence-electron chi connectivity index (χ1n) is 5.70. The van der Waals surface area contributed by atoms with E-state index < -0.39 is 0 Å². The van der Waals surface area contributed by atoms with Crippen molar-refractivity contribution < 1.29 is 4.84 Å². The zero-order chi connectivity index (χ0) is 14.4. The molecule has 2 aromatic rings. The van der Waals surface area contributed by atoms with Crippen molar-refractivity contribution in [1.29, 1.82) is 0 Å². The van der Waals surface area contributed by atoms with Gasteiger partial charge in [-0.15, -0.1) is 6.58 Å². The maximum absolute atomic E-state index is 6.02. The maximum Gasteiger partial charge on any atom is 0.138 e.